The summed E-state index contributed by atoms with van der Waals surface area (Å²) in [6, 6.07) is 17.0. The number of nitrogens with two attached hydrogens (primary N) is 2. The molecule has 0 saturated carbocycles. The average molecular weight is 623 g/mol. The van der Waals surface area contributed by atoms with Gasteiger partial charge in [-0.25, -0.2) is 14.3 Å². The van der Waals surface area contributed by atoms with Crippen LogP contribution < -0.4 is 21.5 Å². The molecule has 0 aliphatic carbocycles. The molecule has 1 heterocycles. The zero-order valence-electron chi connectivity index (χ0n) is 26.7. The van der Waals surface area contributed by atoms with Crippen molar-refractivity contribution in [2.45, 2.75) is 44.0 Å². The molecule has 0 bridgehead atoms. The van der Waals surface area contributed by atoms with Crippen molar-refractivity contribution >= 4 is 33.1 Å². The van der Waals surface area contributed by atoms with Gasteiger partial charge in [-0.05, 0) is 80.4 Å². The number of nitrogen functional groups attached to an aromatic ring is 1. The maximum absolute atomic E-state index is 13.8. The number of sulfonamides is 1. The summed E-state index contributed by atoms with van der Waals surface area (Å²) in [6.07, 6.45) is 0.854. The highest BCUT2D eigenvalue weighted by Crippen LogP contribution is 2.38. The van der Waals surface area contributed by atoms with Crippen LogP contribution >= 0.6 is 0 Å². The largest absolute Gasteiger partial charge is 0.466 e. The van der Waals surface area contributed by atoms with E-state index < -0.39 is 10.0 Å². The Morgan fingerprint density at radius 3 is 2.48 bits per heavy atom. The van der Waals surface area contributed by atoms with Crippen molar-refractivity contribution in [1.29, 1.82) is 0 Å². The van der Waals surface area contributed by atoms with E-state index in [-0.39, 0.29) is 24.9 Å². The van der Waals surface area contributed by atoms with E-state index in [1.807, 2.05) is 87.3 Å². The van der Waals surface area contributed by atoms with Gasteiger partial charge in [0, 0.05) is 46.2 Å². The van der Waals surface area contributed by atoms with Crippen LogP contribution in [0, 0.1) is 13.8 Å². The number of anilines is 3. The van der Waals surface area contributed by atoms with Gasteiger partial charge in [0.15, 0.2) is 0 Å². The SMILES string of the molecule is Cc1ccc(C(CC(=O)OCCCN(C)C)c2ccc(N(C)N)c(N)c2C)cc1CN1CCN(C)c2ccccc2S1(=O)=O. The molecule has 0 aromatic heterocycles. The second-order valence-electron chi connectivity index (χ2n) is 11.9. The van der Waals surface area contributed by atoms with Crippen LogP contribution in [0.1, 0.15) is 46.6 Å². The zero-order chi connectivity index (χ0) is 32.2. The van der Waals surface area contributed by atoms with E-state index in [9.17, 15) is 13.2 Å². The average Bonchev–Trinajstić information content (AvgIpc) is 3.06. The molecule has 11 heteroatoms. The van der Waals surface area contributed by atoms with E-state index in [1.165, 1.54) is 5.01 Å². The number of fused-ring (bicyclic) bond motifs is 1. The van der Waals surface area contributed by atoms with Gasteiger partial charge in [0.05, 0.1) is 30.1 Å². The van der Waals surface area contributed by atoms with Crippen molar-refractivity contribution in [3.8, 4) is 0 Å². The Morgan fingerprint density at radius 2 is 1.77 bits per heavy atom. The number of rotatable bonds is 11. The first-order valence-electron chi connectivity index (χ1n) is 14.9. The van der Waals surface area contributed by atoms with Crippen LogP contribution in [0.15, 0.2) is 59.5 Å². The molecule has 0 spiro atoms. The summed E-state index contributed by atoms with van der Waals surface area (Å²) >= 11 is 0. The Balaban J connectivity index is 1.70. The first kappa shape index (κ1) is 33.3. The minimum Gasteiger partial charge on any atom is -0.466 e. The van der Waals surface area contributed by atoms with Gasteiger partial charge in [0.1, 0.15) is 4.90 Å². The van der Waals surface area contributed by atoms with Gasteiger partial charge in [0.2, 0.25) is 10.0 Å². The number of carbonyl (C=O) groups excluding carboxylic acids is 1. The summed E-state index contributed by atoms with van der Waals surface area (Å²) in [6.45, 7) is 6.20. The van der Waals surface area contributed by atoms with Gasteiger partial charge in [-0.1, -0.05) is 36.4 Å². The minimum absolute atomic E-state index is 0.114. The molecule has 3 aromatic carbocycles. The molecule has 0 saturated heterocycles. The topological polar surface area (TPSA) is 125 Å². The molecule has 3 aromatic rings. The zero-order valence-corrected chi connectivity index (χ0v) is 27.5. The quantitative estimate of drug-likeness (QED) is 0.108. The summed E-state index contributed by atoms with van der Waals surface area (Å²) in [5, 5.41) is 1.47. The molecule has 0 amide bonds. The van der Waals surface area contributed by atoms with Crippen molar-refractivity contribution in [2.75, 3.05) is 70.1 Å². The summed E-state index contributed by atoms with van der Waals surface area (Å²) in [4.78, 5) is 17.5. The van der Waals surface area contributed by atoms with Crippen molar-refractivity contribution < 1.29 is 17.9 Å². The summed E-state index contributed by atoms with van der Waals surface area (Å²) in [7, 11) is 3.87. The monoisotopic (exact) mass is 622 g/mol. The Kier molecular flexibility index (Phi) is 10.6. The number of hydrogen-bond acceptors (Lipinski definition) is 9. The van der Waals surface area contributed by atoms with Crippen molar-refractivity contribution in [3.63, 3.8) is 0 Å². The Hall–Kier alpha value is -3.64. The maximum Gasteiger partial charge on any atom is 0.306 e. The smallest absolute Gasteiger partial charge is 0.306 e. The Morgan fingerprint density at radius 1 is 1.05 bits per heavy atom. The van der Waals surface area contributed by atoms with Crippen LogP contribution in [-0.2, 0) is 26.1 Å². The lowest BCUT2D eigenvalue weighted by Gasteiger charge is -2.25. The molecule has 1 unspecified atom stereocenters. The fourth-order valence-corrected chi connectivity index (χ4v) is 7.33. The predicted molar refractivity (Wildman–Crippen MR) is 177 cm³/mol. The number of para-hydroxylation sites is 1. The van der Waals surface area contributed by atoms with Crippen molar-refractivity contribution in [2.24, 2.45) is 5.84 Å². The number of carbonyl (C=O) groups is 1. The van der Waals surface area contributed by atoms with Crippen LogP contribution in [-0.4, -0.2) is 78.0 Å². The standard InChI is InChI=1S/C33H46N6O4S/c1-23-12-13-25(20-26(23)22-39-18-17-37(5)29-10-7-8-11-31(29)44(39,41)42)28(21-32(40)43-19-9-16-36(3)4)27-14-15-30(38(6)35)33(34)24(27)2/h7-8,10-15,20,28H,9,16-19,21-22,34-35H2,1-6H3. The van der Waals surface area contributed by atoms with Crippen LogP contribution in [0.25, 0.3) is 0 Å². The van der Waals surface area contributed by atoms with Gasteiger partial charge < -0.3 is 25.3 Å². The van der Waals surface area contributed by atoms with Gasteiger partial charge in [-0.15, -0.1) is 0 Å². The number of likely N-dealkylation sites (N-methyl/N-ethyl adjacent to an activating group) is 1. The first-order valence-corrected chi connectivity index (χ1v) is 16.3. The minimum atomic E-state index is -3.73. The van der Waals surface area contributed by atoms with E-state index >= 15 is 0 Å². The normalized spacial score (nSPS) is 15.5. The number of aryl methyl sites for hydroxylation is 1. The lowest BCUT2D eigenvalue weighted by molar-refractivity contribution is -0.144. The van der Waals surface area contributed by atoms with Crippen molar-refractivity contribution in [3.05, 3.63) is 82.4 Å². The predicted octanol–water partition coefficient (Wildman–Crippen LogP) is 3.85. The molecule has 1 aliphatic heterocycles. The summed E-state index contributed by atoms with van der Waals surface area (Å²) in [5.41, 5.74) is 12.9. The molecular weight excluding hydrogens is 576 g/mol. The van der Waals surface area contributed by atoms with Crippen LogP contribution in [0.4, 0.5) is 17.1 Å². The molecular formula is C33H46N6O4S. The molecule has 0 radical (unpaired) electrons. The summed E-state index contributed by atoms with van der Waals surface area (Å²) < 4.78 is 34.8. The van der Waals surface area contributed by atoms with Crippen molar-refractivity contribution in [1.82, 2.24) is 9.21 Å². The van der Waals surface area contributed by atoms with E-state index in [4.69, 9.17) is 16.3 Å². The number of benzene rings is 3. The molecule has 238 valence electrons. The molecule has 4 rings (SSSR count). The van der Waals surface area contributed by atoms with Crippen LogP contribution in [0.2, 0.25) is 0 Å². The highest BCUT2D eigenvalue weighted by atomic mass is 32.2. The van der Waals surface area contributed by atoms with E-state index in [1.54, 1.807) is 23.5 Å². The fraction of sp³-hybridized carbons (Fsp3) is 0.424. The third kappa shape index (κ3) is 7.35. The first-order chi connectivity index (χ1) is 20.8. The Bertz CT molecular complexity index is 1590. The van der Waals surface area contributed by atoms with Gasteiger partial charge >= 0.3 is 5.97 Å². The molecule has 1 atom stereocenters. The highest BCUT2D eigenvalue weighted by molar-refractivity contribution is 7.89. The van der Waals surface area contributed by atoms with Gasteiger partial charge in [0.25, 0.3) is 0 Å². The number of esters is 1. The molecule has 4 N–H and O–H groups in total. The number of nitrogens with zero attached hydrogens (tertiary/aromatic N) is 4. The summed E-state index contributed by atoms with van der Waals surface area (Å²) in [5.74, 6) is 5.35. The van der Waals surface area contributed by atoms with E-state index in [0.717, 1.165) is 40.8 Å². The van der Waals surface area contributed by atoms with Gasteiger partial charge in [-0.2, -0.15) is 4.31 Å². The van der Waals surface area contributed by atoms with E-state index in [2.05, 4.69) is 0 Å². The van der Waals surface area contributed by atoms with Gasteiger partial charge in [-0.3, -0.25) is 4.79 Å². The second kappa shape index (κ2) is 14.0. The second-order valence-corrected chi connectivity index (χ2v) is 13.8. The lowest BCUT2D eigenvalue weighted by Crippen LogP contribution is -2.33. The maximum atomic E-state index is 13.8. The third-order valence-corrected chi connectivity index (χ3v) is 10.3. The van der Waals surface area contributed by atoms with E-state index in [0.29, 0.717) is 41.7 Å². The number of hydrazine groups is 1. The number of ether oxygens (including phenoxy) is 1. The molecule has 0 fully saturated rings. The number of hydrogen-bond donors (Lipinski definition) is 2. The lowest BCUT2D eigenvalue weighted by atomic mass is 9.84. The third-order valence-electron chi connectivity index (χ3n) is 8.37. The Labute approximate surface area is 262 Å². The fourth-order valence-electron chi connectivity index (χ4n) is 5.68. The van der Waals surface area contributed by atoms with Crippen LogP contribution in [0.5, 0.6) is 0 Å². The molecule has 1 aliphatic rings. The molecule has 44 heavy (non-hydrogen) atoms. The molecule has 10 nitrogen and oxygen atoms in total. The van der Waals surface area contributed by atoms with Crippen LogP contribution in [0.3, 0.4) is 0 Å². The highest BCUT2D eigenvalue weighted by Gasteiger charge is 2.32.